The van der Waals surface area contributed by atoms with Gasteiger partial charge in [0.2, 0.25) is 0 Å². The van der Waals surface area contributed by atoms with E-state index in [4.69, 9.17) is 9.84 Å². The molecule has 1 rings (SSSR count). The predicted octanol–water partition coefficient (Wildman–Crippen LogP) is 0.0707. The molecule has 2 N–H and O–H groups in total. The van der Waals surface area contributed by atoms with Crippen LogP contribution in [0.5, 0.6) is 0 Å². The van der Waals surface area contributed by atoms with Crippen molar-refractivity contribution in [3.05, 3.63) is 0 Å². The number of aliphatic carboxylic acids is 1. The first-order valence-corrected chi connectivity index (χ1v) is 6.84. The molecule has 0 aromatic rings. The van der Waals surface area contributed by atoms with Gasteiger partial charge in [0.05, 0.1) is 13.0 Å². The van der Waals surface area contributed by atoms with Crippen molar-refractivity contribution >= 4 is 18.0 Å². The van der Waals surface area contributed by atoms with Gasteiger partial charge in [-0.15, -0.1) is 0 Å². The van der Waals surface area contributed by atoms with Crippen LogP contribution in [0, 0.1) is 5.92 Å². The van der Waals surface area contributed by atoms with Crippen LogP contribution >= 0.6 is 0 Å². The van der Waals surface area contributed by atoms with E-state index in [-0.39, 0.29) is 31.5 Å². The van der Waals surface area contributed by atoms with Crippen LogP contribution in [-0.2, 0) is 19.1 Å². The molecule has 0 aromatic carbocycles. The lowest BCUT2D eigenvalue weighted by molar-refractivity contribution is -0.147. The van der Waals surface area contributed by atoms with E-state index in [1.807, 2.05) is 0 Å². The molecule has 21 heavy (non-hydrogen) atoms. The fraction of sp³-hybridized carbons (Fsp3) is 0.769. The van der Waals surface area contributed by atoms with Crippen molar-refractivity contribution in [1.29, 1.82) is 0 Å². The molecule has 1 heterocycles. The van der Waals surface area contributed by atoms with Gasteiger partial charge in [0.1, 0.15) is 6.04 Å². The number of carboxylic acid groups (broad SMARTS) is 1. The monoisotopic (exact) mass is 302 g/mol. The summed E-state index contributed by atoms with van der Waals surface area (Å²) in [6, 6.07) is -1.48. The molecular formula is C13H22N2O6. The lowest BCUT2D eigenvalue weighted by Crippen LogP contribution is -2.52. The Hall–Kier alpha value is -1.83. The molecule has 8 heteroatoms. The summed E-state index contributed by atoms with van der Waals surface area (Å²) in [5, 5.41) is 11.5. The first kappa shape index (κ1) is 17.2. The number of hydrogen-bond acceptors (Lipinski definition) is 5. The zero-order valence-electron chi connectivity index (χ0n) is 12.3. The third-order valence-electron chi connectivity index (χ3n) is 3.45. The van der Waals surface area contributed by atoms with Crippen LogP contribution in [0.4, 0.5) is 4.79 Å². The second kappa shape index (κ2) is 8.46. The van der Waals surface area contributed by atoms with Crippen molar-refractivity contribution in [2.24, 2.45) is 5.92 Å². The SMILES string of the molecule is COCCC(NC(=O)N1CCCC(C(=O)OC)C1)C(=O)O. The standard InChI is InChI=1S/C13H22N2O6/c1-20-7-5-10(11(16)17)14-13(19)15-6-3-4-9(8-15)12(18)21-2/h9-10H,3-8H2,1-2H3,(H,14,19)(H,16,17). The van der Waals surface area contributed by atoms with Crippen LogP contribution in [0.25, 0.3) is 0 Å². The van der Waals surface area contributed by atoms with Crippen molar-refractivity contribution in [3.63, 3.8) is 0 Å². The van der Waals surface area contributed by atoms with Gasteiger partial charge in [-0.05, 0) is 12.8 Å². The smallest absolute Gasteiger partial charge is 0.326 e. The number of carbonyl (C=O) groups excluding carboxylic acids is 2. The van der Waals surface area contributed by atoms with Gasteiger partial charge in [0.25, 0.3) is 0 Å². The van der Waals surface area contributed by atoms with Gasteiger partial charge in [-0.25, -0.2) is 9.59 Å². The van der Waals surface area contributed by atoms with Gasteiger partial charge in [-0.3, -0.25) is 4.79 Å². The average Bonchev–Trinajstić information content (AvgIpc) is 2.50. The van der Waals surface area contributed by atoms with Crippen molar-refractivity contribution in [1.82, 2.24) is 10.2 Å². The number of methoxy groups -OCH3 is 2. The minimum atomic E-state index is -1.11. The van der Waals surface area contributed by atoms with E-state index in [0.29, 0.717) is 19.4 Å². The van der Waals surface area contributed by atoms with Crippen molar-refractivity contribution in [2.75, 3.05) is 33.9 Å². The Kier molecular flexibility index (Phi) is 6.93. The Morgan fingerprint density at radius 2 is 2.10 bits per heavy atom. The number of urea groups is 1. The molecule has 2 amide bonds. The number of carbonyl (C=O) groups is 3. The van der Waals surface area contributed by atoms with Crippen molar-refractivity contribution in [2.45, 2.75) is 25.3 Å². The van der Waals surface area contributed by atoms with E-state index in [0.717, 1.165) is 0 Å². The summed E-state index contributed by atoms with van der Waals surface area (Å²) in [6.45, 7) is 0.979. The number of hydrogen-bond donors (Lipinski definition) is 2. The van der Waals surface area contributed by atoms with Crippen LogP contribution in [0.2, 0.25) is 0 Å². The molecule has 0 spiro atoms. The molecule has 1 aliphatic rings. The molecule has 0 aromatic heterocycles. The minimum Gasteiger partial charge on any atom is -0.480 e. The molecule has 120 valence electrons. The second-order valence-electron chi connectivity index (χ2n) is 4.93. The Balaban J connectivity index is 2.56. The third kappa shape index (κ3) is 5.22. The van der Waals surface area contributed by atoms with E-state index in [9.17, 15) is 14.4 Å². The van der Waals surface area contributed by atoms with E-state index in [1.165, 1.54) is 19.1 Å². The lowest BCUT2D eigenvalue weighted by atomic mass is 9.98. The average molecular weight is 302 g/mol. The molecule has 2 unspecified atom stereocenters. The molecule has 2 atom stereocenters. The highest BCUT2D eigenvalue weighted by Gasteiger charge is 2.30. The molecular weight excluding hydrogens is 280 g/mol. The van der Waals surface area contributed by atoms with E-state index in [2.05, 4.69) is 10.1 Å². The zero-order valence-corrected chi connectivity index (χ0v) is 12.3. The summed E-state index contributed by atoms with van der Waals surface area (Å²) in [5.41, 5.74) is 0. The number of likely N-dealkylation sites (tertiary alicyclic amines) is 1. The molecule has 1 fully saturated rings. The summed E-state index contributed by atoms with van der Waals surface area (Å²) < 4.78 is 9.51. The van der Waals surface area contributed by atoms with Gasteiger partial charge >= 0.3 is 18.0 Å². The Morgan fingerprint density at radius 3 is 2.67 bits per heavy atom. The van der Waals surface area contributed by atoms with Gasteiger partial charge < -0.3 is 24.8 Å². The Labute approximate surface area is 123 Å². The number of piperidine rings is 1. The van der Waals surface area contributed by atoms with Crippen LogP contribution in [0.3, 0.4) is 0 Å². The Bertz CT molecular complexity index is 387. The number of amides is 2. The number of rotatable bonds is 6. The first-order valence-electron chi connectivity index (χ1n) is 6.84. The fourth-order valence-corrected chi connectivity index (χ4v) is 2.25. The zero-order chi connectivity index (χ0) is 15.8. The summed E-state index contributed by atoms with van der Waals surface area (Å²) >= 11 is 0. The van der Waals surface area contributed by atoms with Crippen LogP contribution in [-0.4, -0.2) is 67.9 Å². The van der Waals surface area contributed by atoms with Gasteiger partial charge in [-0.1, -0.05) is 0 Å². The second-order valence-corrected chi connectivity index (χ2v) is 4.93. The number of nitrogens with zero attached hydrogens (tertiary/aromatic N) is 1. The predicted molar refractivity (Wildman–Crippen MR) is 72.8 cm³/mol. The molecule has 1 saturated heterocycles. The molecule has 0 aliphatic carbocycles. The topological polar surface area (TPSA) is 105 Å². The van der Waals surface area contributed by atoms with E-state index in [1.54, 1.807) is 0 Å². The molecule has 0 radical (unpaired) electrons. The lowest BCUT2D eigenvalue weighted by Gasteiger charge is -2.32. The third-order valence-corrected chi connectivity index (χ3v) is 3.45. The molecule has 8 nitrogen and oxygen atoms in total. The van der Waals surface area contributed by atoms with Crippen LogP contribution in [0.1, 0.15) is 19.3 Å². The summed E-state index contributed by atoms with van der Waals surface area (Å²) in [7, 11) is 2.78. The number of carboxylic acids is 1. The molecule has 0 bridgehead atoms. The normalized spacial score (nSPS) is 19.7. The summed E-state index contributed by atoms with van der Waals surface area (Å²) in [4.78, 5) is 36.1. The number of esters is 1. The summed E-state index contributed by atoms with van der Waals surface area (Å²) in [6.07, 6.45) is 1.54. The van der Waals surface area contributed by atoms with Crippen molar-refractivity contribution in [3.8, 4) is 0 Å². The van der Waals surface area contributed by atoms with Gasteiger partial charge in [-0.2, -0.15) is 0 Å². The quantitative estimate of drug-likeness (QED) is 0.673. The highest BCUT2D eigenvalue weighted by Crippen LogP contribution is 2.17. The Morgan fingerprint density at radius 1 is 1.38 bits per heavy atom. The highest BCUT2D eigenvalue weighted by atomic mass is 16.5. The maximum atomic E-state index is 12.1. The van der Waals surface area contributed by atoms with Gasteiger partial charge in [0, 0.05) is 33.2 Å². The minimum absolute atomic E-state index is 0.186. The van der Waals surface area contributed by atoms with E-state index >= 15 is 0 Å². The van der Waals surface area contributed by atoms with E-state index < -0.39 is 18.0 Å². The summed E-state index contributed by atoms with van der Waals surface area (Å²) in [5.74, 6) is -1.81. The highest BCUT2D eigenvalue weighted by molar-refractivity contribution is 5.83. The first-order chi connectivity index (χ1) is 9.99. The number of nitrogens with one attached hydrogen (secondary N) is 1. The maximum absolute atomic E-state index is 12.1. The molecule has 0 saturated carbocycles. The van der Waals surface area contributed by atoms with Gasteiger partial charge in [0.15, 0.2) is 0 Å². The van der Waals surface area contributed by atoms with Crippen LogP contribution < -0.4 is 5.32 Å². The maximum Gasteiger partial charge on any atom is 0.326 e. The molecule has 1 aliphatic heterocycles. The number of ether oxygens (including phenoxy) is 2. The largest absolute Gasteiger partial charge is 0.480 e. The van der Waals surface area contributed by atoms with Crippen LogP contribution in [0.15, 0.2) is 0 Å². The van der Waals surface area contributed by atoms with Crippen molar-refractivity contribution < 1.29 is 29.0 Å². The fourth-order valence-electron chi connectivity index (χ4n) is 2.25.